The number of nitrogens with one attached hydrogen (secondary N) is 2. The summed E-state index contributed by atoms with van der Waals surface area (Å²) >= 11 is 6.30. The third kappa shape index (κ3) is 5.61. The van der Waals surface area contributed by atoms with Gasteiger partial charge in [0.1, 0.15) is 0 Å². The van der Waals surface area contributed by atoms with Gasteiger partial charge in [-0.05, 0) is 74.8 Å². The first kappa shape index (κ1) is 20.1. The number of urea groups is 1. The zero-order valence-electron chi connectivity index (χ0n) is 15.8. The van der Waals surface area contributed by atoms with Crippen LogP contribution in [0.2, 0.25) is 5.02 Å². The molecule has 2 rings (SSSR count). The highest BCUT2D eigenvalue weighted by Crippen LogP contribution is 2.29. The number of likely N-dealkylation sites (tertiary alicyclic amines) is 1. The number of benzene rings is 1. The molecule has 1 aliphatic rings. The Balaban J connectivity index is 1.88. The van der Waals surface area contributed by atoms with E-state index in [0.29, 0.717) is 5.92 Å². The molecule has 0 spiro atoms. The third-order valence-electron chi connectivity index (χ3n) is 5.11. The first-order chi connectivity index (χ1) is 12.1. The molecular formula is C20H32ClN3O. The van der Waals surface area contributed by atoms with Crippen LogP contribution in [-0.4, -0.2) is 37.1 Å². The molecule has 1 fully saturated rings. The molecule has 0 aromatic heterocycles. The number of hydrogen-bond donors (Lipinski definition) is 2. The summed E-state index contributed by atoms with van der Waals surface area (Å²) in [5, 5.41) is 6.82. The highest BCUT2D eigenvalue weighted by molar-refractivity contribution is 6.31. The molecule has 0 unspecified atom stereocenters. The highest BCUT2D eigenvalue weighted by Gasteiger charge is 2.19. The molecule has 0 bridgehead atoms. The Kier molecular flexibility index (Phi) is 8.04. The molecule has 25 heavy (non-hydrogen) atoms. The van der Waals surface area contributed by atoms with Gasteiger partial charge in [0.05, 0.1) is 5.69 Å². The summed E-state index contributed by atoms with van der Waals surface area (Å²) in [6.45, 7) is 10.6. The maximum Gasteiger partial charge on any atom is 0.319 e. The van der Waals surface area contributed by atoms with Gasteiger partial charge in [0.25, 0.3) is 0 Å². The van der Waals surface area contributed by atoms with Crippen molar-refractivity contribution in [2.45, 2.75) is 52.9 Å². The SMILES string of the molecule is CCCN1CCC(CNC(=O)Nc2c(CC)ccc(Cl)c2CC)CC1. The Morgan fingerprint density at radius 2 is 1.92 bits per heavy atom. The normalized spacial score (nSPS) is 16.0. The Morgan fingerprint density at radius 3 is 2.52 bits per heavy atom. The monoisotopic (exact) mass is 365 g/mol. The molecular weight excluding hydrogens is 334 g/mol. The molecule has 2 N–H and O–H groups in total. The zero-order valence-corrected chi connectivity index (χ0v) is 16.6. The summed E-state index contributed by atoms with van der Waals surface area (Å²) in [5.74, 6) is 0.578. The van der Waals surface area contributed by atoms with Gasteiger partial charge in [-0.3, -0.25) is 0 Å². The summed E-state index contributed by atoms with van der Waals surface area (Å²) in [4.78, 5) is 14.9. The van der Waals surface area contributed by atoms with Crippen LogP contribution in [-0.2, 0) is 12.8 Å². The maximum atomic E-state index is 12.4. The molecule has 140 valence electrons. The van der Waals surface area contributed by atoms with Crippen LogP contribution in [0.1, 0.15) is 51.2 Å². The fourth-order valence-electron chi connectivity index (χ4n) is 3.59. The largest absolute Gasteiger partial charge is 0.338 e. The predicted molar refractivity (Wildman–Crippen MR) is 107 cm³/mol. The van der Waals surface area contributed by atoms with Crippen LogP contribution in [0.25, 0.3) is 0 Å². The molecule has 4 nitrogen and oxygen atoms in total. The number of amides is 2. The second-order valence-electron chi connectivity index (χ2n) is 6.89. The second-order valence-corrected chi connectivity index (χ2v) is 7.29. The van der Waals surface area contributed by atoms with Crippen LogP contribution in [0.15, 0.2) is 12.1 Å². The fraction of sp³-hybridized carbons (Fsp3) is 0.650. The Hall–Kier alpha value is -1.26. The lowest BCUT2D eigenvalue weighted by molar-refractivity contribution is 0.182. The predicted octanol–water partition coefficient (Wildman–Crippen LogP) is 4.71. The van der Waals surface area contributed by atoms with E-state index in [1.54, 1.807) is 0 Å². The number of nitrogens with zero attached hydrogens (tertiary/aromatic N) is 1. The van der Waals surface area contributed by atoms with Gasteiger partial charge in [0.2, 0.25) is 0 Å². The highest BCUT2D eigenvalue weighted by atomic mass is 35.5. The second kappa shape index (κ2) is 10.0. The fourth-order valence-corrected chi connectivity index (χ4v) is 3.88. The van der Waals surface area contributed by atoms with Crippen LogP contribution in [0.5, 0.6) is 0 Å². The molecule has 5 heteroatoms. The number of halogens is 1. The number of piperidine rings is 1. The lowest BCUT2D eigenvalue weighted by Gasteiger charge is -2.31. The summed E-state index contributed by atoms with van der Waals surface area (Å²) in [6, 6.07) is 3.80. The minimum Gasteiger partial charge on any atom is -0.338 e. The molecule has 1 heterocycles. The molecule has 1 aromatic carbocycles. The van der Waals surface area contributed by atoms with E-state index in [9.17, 15) is 4.79 Å². The van der Waals surface area contributed by atoms with Crippen LogP contribution in [0.4, 0.5) is 10.5 Å². The minimum atomic E-state index is -0.123. The van der Waals surface area contributed by atoms with Crippen molar-refractivity contribution >= 4 is 23.3 Å². The minimum absolute atomic E-state index is 0.123. The first-order valence-electron chi connectivity index (χ1n) is 9.66. The Morgan fingerprint density at radius 1 is 1.20 bits per heavy atom. The van der Waals surface area contributed by atoms with Crippen molar-refractivity contribution in [3.63, 3.8) is 0 Å². The number of hydrogen-bond acceptors (Lipinski definition) is 2. The van der Waals surface area contributed by atoms with Crippen LogP contribution >= 0.6 is 11.6 Å². The average molecular weight is 366 g/mol. The van der Waals surface area contributed by atoms with Crippen LogP contribution < -0.4 is 10.6 Å². The van der Waals surface area contributed by atoms with E-state index in [-0.39, 0.29) is 6.03 Å². The van der Waals surface area contributed by atoms with Crippen molar-refractivity contribution in [1.82, 2.24) is 10.2 Å². The zero-order chi connectivity index (χ0) is 18.2. The number of rotatable bonds is 7. The van der Waals surface area contributed by atoms with E-state index in [2.05, 4.69) is 36.3 Å². The van der Waals surface area contributed by atoms with Crippen molar-refractivity contribution < 1.29 is 4.79 Å². The molecule has 2 amide bonds. The lowest BCUT2D eigenvalue weighted by atomic mass is 9.97. The topological polar surface area (TPSA) is 44.4 Å². The van der Waals surface area contributed by atoms with Gasteiger partial charge in [0.15, 0.2) is 0 Å². The van der Waals surface area contributed by atoms with Gasteiger partial charge >= 0.3 is 6.03 Å². The lowest BCUT2D eigenvalue weighted by Crippen LogP contribution is -2.40. The van der Waals surface area contributed by atoms with E-state index < -0.39 is 0 Å². The van der Waals surface area contributed by atoms with E-state index in [4.69, 9.17) is 11.6 Å². The van der Waals surface area contributed by atoms with Gasteiger partial charge in [-0.25, -0.2) is 4.79 Å². The van der Waals surface area contributed by atoms with Gasteiger partial charge < -0.3 is 15.5 Å². The summed E-state index contributed by atoms with van der Waals surface area (Å²) in [7, 11) is 0. The summed E-state index contributed by atoms with van der Waals surface area (Å²) < 4.78 is 0. The number of carbonyl (C=O) groups is 1. The van der Waals surface area contributed by atoms with Gasteiger partial charge in [-0.2, -0.15) is 0 Å². The molecule has 1 saturated heterocycles. The van der Waals surface area contributed by atoms with Gasteiger partial charge in [0, 0.05) is 11.6 Å². The van der Waals surface area contributed by atoms with Crippen molar-refractivity contribution in [2.75, 3.05) is 31.5 Å². The third-order valence-corrected chi connectivity index (χ3v) is 5.47. The van der Waals surface area contributed by atoms with E-state index in [0.717, 1.165) is 67.2 Å². The molecule has 1 aromatic rings. The standard InChI is InChI=1S/C20H32ClN3O/c1-4-11-24-12-9-15(10-13-24)14-22-20(25)23-19-16(5-2)7-8-18(21)17(19)6-3/h7-8,15H,4-6,9-14H2,1-3H3,(H2,22,23,25). The van der Waals surface area contributed by atoms with Crippen molar-refractivity contribution in [1.29, 1.82) is 0 Å². The molecule has 0 aliphatic carbocycles. The van der Waals surface area contributed by atoms with E-state index in [1.807, 2.05) is 12.1 Å². The van der Waals surface area contributed by atoms with Crippen molar-refractivity contribution in [3.05, 3.63) is 28.3 Å². The van der Waals surface area contributed by atoms with Crippen LogP contribution in [0, 0.1) is 5.92 Å². The Labute approximate surface area is 157 Å². The molecule has 0 atom stereocenters. The molecule has 1 aliphatic heterocycles. The molecule has 0 saturated carbocycles. The van der Waals surface area contributed by atoms with E-state index in [1.165, 1.54) is 13.0 Å². The summed E-state index contributed by atoms with van der Waals surface area (Å²) in [6.07, 6.45) is 5.22. The number of carbonyl (C=O) groups excluding carboxylic acids is 1. The van der Waals surface area contributed by atoms with Crippen molar-refractivity contribution in [2.24, 2.45) is 5.92 Å². The average Bonchev–Trinajstić information content (AvgIpc) is 2.62. The van der Waals surface area contributed by atoms with Gasteiger partial charge in [-0.1, -0.05) is 38.4 Å². The number of aryl methyl sites for hydroxylation is 1. The van der Waals surface area contributed by atoms with Crippen molar-refractivity contribution in [3.8, 4) is 0 Å². The molecule has 0 radical (unpaired) electrons. The Bertz CT molecular complexity index is 568. The smallest absolute Gasteiger partial charge is 0.319 e. The van der Waals surface area contributed by atoms with Gasteiger partial charge in [-0.15, -0.1) is 0 Å². The first-order valence-corrected chi connectivity index (χ1v) is 10.0. The quantitative estimate of drug-likeness (QED) is 0.735. The number of anilines is 1. The summed E-state index contributed by atoms with van der Waals surface area (Å²) in [5.41, 5.74) is 3.03. The van der Waals surface area contributed by atoms with Crippen LogP contribution in [0.3, 0.4) is 0 Å². The van der Waals surface area contributed by atoms with E-state index >= 15 is 0 Å². The maximum absolute atomic E-state index is 12.4.